The standard InChI is InChI=1S/C18H26N2O/c1-2-3-12-19-18(21)17-13-8-4-6-10-15(13)20-16-11-7-5-9-14(16)17/h4,6,8,10,14,16-17,20H,2-3,5,7,9,11-12H2,1H3,(H,19,21). The Kier molecular flexibility index (Phi) is 4.47. The van der Waals surface area contributed by atoms with Crippen molar-refractivity contribution in [3.05, 3.63) is 29.8 Å². The molecule has 21 heavy (non-hydrogen) atoms. The molecule has 2 N–H and O–H groups in total. The van der Waals surface area contributed by atoms with Crippen molar-refractivity contribution in [3.8, 4) is 0 Å². The quantitative estimate of drug-likeness (QED) is 0.829. The van der Waals surface area contributed by atoms with E-state index in [4.69, 9.17) is 0 Å². The second kappa shape index (κ2) is 6.50. The number of benzene rings is 1. The average molecular weight is 286 g/mol. The molecule has 3 atom stereocenters. The molecule has 0 radical (unpaired) electrons. The molecule has 114 valence electrons. The van der Waals surface area contributed by atoms with E-state index in [2.05, 4.69) is 41.8 Å². The molecule has 0 spiro atoms. The van der Waals surface area contributed by atoms with Gasteiger partial charge in [0.15, 0.2) is 0 Å². The van der Waals surface area contributed by atoms with Gasteiger partial charge in [-0.2, -0.15) is 0 Å². The molecule has 3 heteroatoms. The summed E-state index contributed by atoms with van der Waals surface area (Å²) in [5, 5.41) is 6.83. The zero-order chi connectivity index (χ0) is 14.7. The molecule has 1 amide bonds. The molecule has 2 aliphatic rings. The van der Waals surface area contributed by atoms with Crippen LogP contribution in [0.1, 0.15) is 56.9 Å². The van der Waals surface area contributed by atoms with Gasteiger partial charge in [0.2, 0.25) is 5.91 Å². The van der Waals surface area contributed by atoms with Gasteiger partial charge in [-0.15, -0.1) is 0 Å². The predicted molar refractivity (Wildman–Crippen MR) is 86.5 cm³/mol. The van der Waals surface area contributed by atoms with Gasteiger partial charge < -0.3 is 10.6 Å². The zero-order valence-corrected chi connectivity index (χ0v) is 12.9. The van der Waals surface area contributed by atoms with Crippen molar-refractivity contribution < 1.29 is 4.79 Å². The van der Waals surface area contributed by atoms with Crippen molar-refractivity contribution >= 4 is 11.6 Å². The van der Waals surface area contributed by atoms with Crippen LogP contribution in [0.2, 0.25) is 0 Å². The van der Waals surface area contributed by atoms with Crippen LogP contribution in [0.25, 0.3) is 0 Å². The molecular weight excluding hydrogens is 260 g/mol. The van der Waals surface area contributed by atoms with Crippen LogP contribution in [0.15, 0.2) is 24.3 Å². The number of nitrogens with one attached hydrogen (secondary N) is 2. The third kappa shape index (κ3) is 2.92. The number of hydrogen-bond acceptors (Lipinski definition) is 2. The van der Waals surface area contributed by atoms with E-state index >= 15 is 0 Å². The van der Waals surface area contributed by atoms with Crippen LogP contribution in [-0.4, -0.2) is 18.5 Å². The van der Waals surface area contributed by atoms with Crippen LogP contribution in [0, 0.1) is 5.92 Å². The van der Waals surface area contributed by atoms with Crippen LogP contribution in [0.3, 0.4) is 0 Å². The highest BCUT2D eigenvalue weighted by Gasteiger charge is 2.41. The summed E-state index contributed by atoms with van der Waals surface area (Å²) in [7, 11) is 0. The predicted octanol–water partition coefficient (Wildman–Crippen LogP) is 3.67. The summed E-state index contributed by atoms with van der Waals surface area (Å²) in [5.41, 5.74) is 2.35. The molecule has 1 aliphatic heterocycles. The highest BCUT2D eigenvalue weighted by Crippen LogP contribution is 2.44. The van der Waals surface area contributed by atoms with Gasteiger partial charge >= 0.3 is 0 Å². The van der Waals surface area contributed by atoms with Crippen LogP contribution in [0.5, 0.6) is 0 Å². The maximum Gasteiger partial charge on any atom is 0.227 e. The number of fused-ring (bicyclic) bond motifs is 2. The Labute approximate surface area is 127 Å². The van der Waals surface area contributed by atoms with Gasteiger partial charge in [-0.25, -0.2) is 0 Å². The van der Waals surface area contributed by atoms with E-state index < -0.39 is 0 Å². The number of unbranched alkanes of at least 4 members (excludes halogenated alkanes) is 1. The summed E-state index contributed by atoms with van der Waals surface area (Å²) in [6, 6.07) is 8.82. The fourth-order valence-electron chi connectivity index (χ4n) is 3.90. The van der Waals surface area contributed by atoms with Gasteiger partial charge in [-0.3, -0.25) is 4.79 Å². The molecule has 1 aliphatic carbocycles. The summed E-state index contributed by atoms with van der Waals surface area (Å²) in [6.07, 6.45) is 7.07. The first kappa shape index (κ1) is 14.4. The topological polar surface area (TPSA) is 41.1 Å². The Balaban J connectivity index is 1.85. The van der Waals surface area contributed by atoms with Crippen LogP contribution in [0.4, 0.5) is 5.69 Å². The van der Waals surface area contributed by atoms with Crippen LogP contribution in [-0.2, 0) is 4.79 Å². The summed E-state index contributed by atoms with van der Waals surface area (Å²) >= 11 is 0. The second-order valence-corrected chi connectivity index (χ2v) is 6.41. The van der Waals surface area contributed by atoms with Gasteiger partial charge in [-0.1, -0.05) is 44.4 Å². The van der Waals surface area contributed by atoms with Crippen molar-refractivity contribution in [2.24, 2.45) is 5.92 Å². The number of para-hydroxylation sites is 1. The lowest BCUT2D eigenvalue weighted by atomic mass is 9.70. The van der Waals surface area contributed by atoms with Crippen molar-refractivity contribution in [2.45, 2.75) is 57.4 Å². The summed E-state index contributed by atoms with van der Waals surface area (Å²) < 4.78 is 0. The molecule has 0 saturated heterocycles. The Hall–Kier alpha value is -1.51. The van der Waals surface area contributed by atoms with E-state index in [1.807, 2.05) is 0 Å². The van der Waals surface area contributed by atoms with Crippen molar-refractivity contribution in [1.29, 1.82) is 0 Å². The number of hydrogen-bond donors (Lipinski definition) is 2. The van der Waals surface area contributed by atoms with Gasteiger partial charge in [-0.05, 0) is 36.8 Å². The first-order chi connectivity index (χ1) is 10.3. The first-order valence-corrected chi connectivity index (χ1v) is 8.44. The minimum atomic E-state index is 0.0320. The highest BCUT2D eigenvalue weighted by molar-refractivity contribution is 5.87. The first-order valence-electron chi connectivity index (χ1n) is 8.44. The van der Waals surface area contributed by atoms with E-state index in [0.717, 1.165) is 31.5 Å². The SMILES string of the molecule is CCCCNC(=O)C1c2ccccc2NC2CCCCC21. The van der Waals surface area contributed by atoms with Crippen LogP contribution >= 0.6 is 0 Å². The Morgan fingerprint density at radius 3 is 2.95 bits per heavy atom. The van der Waals surface area contributed by atoms with E-state index in [9.17, 15) is 4.79 Å². The zero-order valence-electron chi connectivity index (χ0n) is 12.9. The minimum Gasteiger partial charge on any atom is -0.382 e. The smallest absolute Gasteiger partial charge is 0.227 e. The monoisotopic (exact) mass is 286 g/mol. The van der Waals surface area contributed by atoms with Gasteiger partial charge in [0, 0.05) is 18.3 Å². The lowest BCUT2D eigenvalue weighted by Gasteiger charge is -2.42. The van der Waals surface area contributed by atoms with Crippen LogP contribution < -0.4 is 10.6 Å². The Morgan fingerprint density at radius 2 is 2.10 bits per heavy atom. The number of amides is 1. The minimum absolute atomic E-state index is 0.0320. The maximum absolute atomic E-state index is 12.8. The third-order valence-electron chi connectivity index (χ3n) is 5.00. The molecule has 1 saturated carbocycles. The lowest BCUT2D eigenvalue weighted by molar-refractivity contribution is -0.124. The lowest BCUT2D eigenvalue weighted by Crippen LogP contribution is -2.45. The summed E-state index contributed by atoms with van der Waals surface area (Å²) in [5.74, 6) is 0.717. The summed E-state index contributed by atoms with van der Waals surface area (Å²) in [6.45, 7) is 2.96. The number of anilines is 1. The fourth-order valence-corrected chi connectivity index (χ4v) is 3.90. The molecule has 0 aromatic heterocycles. The number of carbonyl (C=O) groups is 1. The Morgan fingerprint density at radius 1 is 1.29 bits per heavy atom. The van der Waals surface area contributed by atoms with E-state index in [1.165, 1.54) is 24.8 Å². The number of carbonyl (C=O) groups excluding carboxylic acids is 1. The highest BCUT2D eigenvalue weighted by atomic mass is 16.1. The van der Waals surface area contributed by atoms with Crippen molar-refractivity contribution in [3.63, 3.8) is 0 Å². The van der Waals surface area contributed by atoms with Crippen molar-refractivity contribution in [2.75, 3.05) is 11.9 Å². The molecule has 1 aromatic rings. The van der Waals surface area contributed by atoms with Crippen molar-refractivity contribution in [1.82, 2.24) is 5.32 Å². The number of rotatable bonds is 4. The van der Waals surface area contributed by atoms with Gasteiger partial charge in [0.05, 0.1) is 5.92 Å². The van der Waals surface area contributed by atoms with E-state index in [1.54, 1.807) is 0 Å². The largest absolute Gasteiger partial charge is 0.382 e. The fraction of sp³-hybridized carbons (Fsp3) is 0.611. The van der Waals surface area contributed by atoms with E-state index in [0.29, 0.717) is 12.0 Å². The summed E-state index contributed by atoms with van der Waals surface area (Å²) in [4.78, 5) is 12.8. The molecule has 3 nitrogen and oxygen atoms in total. The molecular formula is C18H26N2O. The normalized spacial score (nSPS) is 27.2. The molecule has 1 fully saturated rings. The maximum atomic E-state index is 12.8. The Bertz CT molecular complexity index is 500. The second-order valence-electron chi connectivity index (χ2n) is 6.41. The van der Waals surface area contributed by atoms with Gasteiger partial charge in [0.25, 0.3) is 0 Å². The van der Waals surface area contributed by atoms with Gasteiger partial charge in [0.1, 0.15) is 0 Å². The molecule has 1 aromatic carbocycles. The molecule has 3 rings (SSSR count). The molecule has 1 heterocycles. The third-order valence-corrected chi connectivity index (χ3v) is 5.00. The molecule has 0 bridgehead atoms. The average Bonchev–Trinajstić information content (AvgIpc) is 2.52. The molecule has 3 unspecified atom stereocenters. The van der Waals surface area contributed by atoms with E-state index in [-0.39, 0.29) is 11.8 Å².